The van der Waals surface area contributed by atoms with Crippen molar-refractivity contribution in [1.29, 1.82) is 5.26 Å². The van der Waals surface area contributed by atoms with E-state index in [9.17, 15) is 9.90 Å². The van der Waals surface area contributed by atoms with Crippen molar-refractivity contribution < 1.29 is 15.0 Å². The lowest BCUT2D eigenvalue weighted by molar-refractivity contribution is -0.136. The molecule has 3 N–H and O–H groups in total. The van der Waals surface area contributed by atoms with Gasteiger partial charge in [-0.05, 0) is 30.7 Å². The summed E-state index contributed by atoms with van der Waals surface area (Å²) in [5.41, 5.74) is 5.22. The summed E-state index contributed by atoms with van der Waals surface area (Å²) in [4.78, 5) is 10.7. The maximum Gasteiger partial charge on any atom is 0.303 e. The Morgan fingerprint density at radius 3 is 2.36 bits per heavy atom. The quantitative estimate of drug-likeness (QED) is 0.506. The van der Waals surface area contributed by atoms with E-state index < -0.39 is 12.2 Å². The monoisotopic (exact) mass is 337 g/mol. The highest BCUT2D eigenvalue weighted by Crippen LogP contribution is 2.24. The van der Waals surface area contributed by atoms with Crippen molar-refractivity contribution in [2.75, 3.05) is 5.01 Å². The number of para-hydroxylation sites is 1. The molecular formula is C19H19N3O3. The molecule has 0 fully saturated rings. The molecule has 0 heterocycles. The Balaban J connectivity index is 2.22. The SMILES string of the molecule is C=C(CCC(=O)O)NN(c1ccccc1)C(O)c1ccc(C#N)cc1. The Bertz CT molecular complexity index is 767. The van der Waals surface area contributed by atoms with Crippen LogP contribution >= 0.6 is 0 Å². The van der Waals surface area contributed by atoms with Crippen LogP contribution in [0.3, 0.4) is 0 Å². The lowest BCUT2D eigenvalue weighted by Crippen LogP contribution is -2.40. The molecule has 0 amide bonds. The number of nitrogens with one attached hydrogen (secondary N) is 1. The van der Waals surface area contributed by atoms with Crippen molar-refractivity contribution in [3.8, 4) is 6.07 Å². The van der Waals surface area contributed by atoms with Gasteiger partial charge in [-0.25, -0.2) is 0 Å². The van der Waals surface area contributed by atoms with Crippen LogP contribution in [-0.4, -0.2) is 16.2 Å². The Morgan fingerprint density at radius 1 is 1.16 bits per heavy atom. The first-order chi connectivity index (χ1) is 12.0. The summed E-state index contributed by atoms with van der Waals surface area (Å²) in [6.07, 6.45) is -0.864. The van der Waals surface area contributed by atoms with E-state index in [0.717, 1.165) is 0 Å². The summed E-state index contributed by atoms with van der Waals surface area (Å²) < 4.78 is 0. The van der Waals surface area contributed by atoms with Crippen molar-refractivity contribution in [2.24, 2.45) is 0 Å². The van der Waals surface area contributed by atoms with Gasteiger partial charge in [0.15, 0.2) is 6.23 Å². The normalized spacial score (nSPS) is 11.2. The molecule has 0 aliphatic rings. The zero-order valence-corrected chi connectivity index (χ0v) is 13.6. The van der Waals surface area contributed by atoms with Crippen LogP contribution in [0.15, 0.2) is 66.9 Å². The topological polar surface area (TPSA) is 96.6 Å². The molecule has 0 spiro atoms. The van der Waals surface area contributed by atoms with Crippen LogP contribution in [0.1, 0.15) is 30.2 Å². The van der Waals surface area contributed by atoms with E-state index in [2.05, 4.69) is 12.0 Å². The number of benzene rings is 2. The average molecular weight is 337 g/mol. The lowest BCUT2D eigenvalue weighted by atomic mass is 10.1. The molecule has 2 aromatic carbocycles. The van der Waals surface area contributed by atoms with Gasteiger partial charge in [0.1, 0.15) is 0 Å². The highest BCUT2D eigenvalue weighted by Gasteiger charge is 2.19. The third-order valence-electron chi connectivity index (χ3n) is 3.54. The number of carbonyl (C=O) groups is 1. The van der Waals surface area contributed by atoms with Crippen LogP contribution in [0.25, 0.3) is 0 Å². The highest BCUT2D eigenvalue weighted by atomic mass is 16.4. The number of aliphatic carboxylic acids is 1. The number of hydrazine groups is 1. The molecule has 25 heavy (non-hydrogen) atoms. The predicted octanol–water partition coefficient (Wildman–Crippen LogP) is 2.94. The second-order valence-corrected chi connectivity index (χ2v) is 5.42. The van der Waals surface area contributed by atoms with Gasteiger partial charge in [0.2, 0.25) is 0 Å². The molecular weight excluding hydrogens is 318 g/mol. The minimum atomic E-state index is -1.04. The summed E-state index contributed by atoms with van der Waals surface area (Å²) in [6.45, 7) is 3.83. The summed E-state index contributed by atoms with van der Waals surface area (Å²) in [6, 6.07) is 17.8. The van der Waals surface area contributed by atoms with E-state index in [1.165, 1.54) is 5.01 Å². The fourth-order valence-corrected chi connectivity index (χ4v) is 2.22. The highest BCUT2D eigenvalue weighted by molar-refractivity contribution is 5.67. The molecule has 1 atom stereocenters. The molecule has 128 valence electrons. The molecule has 6 nitrogen and oxygen atoms in total. The molecule has 1 unspecified atom stereocenters. The maximum absolute atomic E-state index is 10.7. The summed E-state index contributed by atoms with van der Waals surface area (Å²) in [5.74, 6) is -0.915. The van der Waals surface area contributed by atoms with Crippen molar-refractivity contribution in [2.45, 2.75) is 19.1 Å². The van der Waals surface area contributed by atoms with E-state index in [0.29, 0.717) is 22.5 Å². The summed E-state index contributed by atoms with van der Waals surface area (Å²) in [5, 5.41) is 29.9. The number of aliphatic hydroxyl groups is 1. The number of allylic oxidation sites excluding steroid dienone is 1. The fourth-order valence-electron chi connectivity index (χ4n) is 2.22. The zero-order chi connectivity index (χ0) is 18.2. The number of hydrogen-bond acceptors (Lipinski definition) is 5. The molecule has 0 saturated carbocycles. The second kappa shape index (κ2) is 8.52. The number of anilines is 1. The van der Waals surface area contributed by atoms with Gasteiger partial charge in [-0.15, -0.1) is 0 Å². The zero-order valence-electron chi connectivity index (χ0n) is 13.6. The number of carboxylic acids is 1. The lowest BCUT2D eigenvalue weighted by Gasteiger charge is -2.32. The van der Waals surface area contributed by atoms with Crippen LogP contribution in [0.5, 0.6) is 0 Å². The van der Waals surface area contributed by atoms with Crippen LogP contribution in [0.2, 0.25) is 0 Å². The summed E-state index contributed by atoms with van der Waals surface area (Å²) >= 11 is 0. The third-order valence-corrected chi connectivity index (χ3v) is 3.54. The molecule has 0 radical (unpaired) electrons. The molecule has 0 bridgehead atoms. The first-order valence-electron chi connectivity index (χ1n) is 7.70. The van der Waals surface area contributed by atoms with E-state index in [4.69, 9.17) is 10.4 Å². The van der Waals surface area contributed by atoms with E-state index in [1.54, 1.807) is 24.3 Å². The second-order valence-electron chi connectivity index (χ2n) is 5.42. The molecule has 0 aromatic heterocycles. The number of aliphatic hydroxyl groups excluding tert-OH is 1. The van der Waals surface area contributed by atoms with Crippen LogP contribution in [0, 0.1) is 11.3 Å². The number of hydrogen-bond donors (Lipinski definition) is 3. The average Bonchev–Trinajstić information content (AvgIpc) is 2.64. The number of nitrogens with zero attached hydrogens (tertiary/aromatic N) is 2. The maximum atomic E-state index is 10.7. The van der Waals surface area contributed by atoms with Crippen LogP contribution in [-0.2, 0) is 4.79 Å². The van der Waals surface area contributed by atoms with Crippen molar-refractivity contribution in [1.82, 2.24) is 5.43 Å². The Kier molecular flexibility index (Phi) is 6.15. The molecule has 6 heteroatoms. The van der Waals surface area contributed by atoms with Gasteiger partial charge in [0.25, 0.3) is 0 Å². The van der Waals surface area contributed by atoms with Gasteiger partial charge in [-0.1, -0.05) is 36.9 Å². The van der Waals surface area contributed by atoms with Gasteiger partial charge in [0.05, 0.1) is 23.7 Å². The Morgan fingerprint density at radius 2 is 1.80 bits per heavy atom. The van der Waals surface area contributed by atoms with Gasteiger partial charge >= 0.3 is 5.97 Å². The minimum absolute atomic E-state index is 0.0541. The number of rotatable bonds is 8. The molecule has 0 aliphatic heterocycles. The van der Waals surface area contributed by atoms with E-state index in [1.807, 2.05) is 36.4 Å². The largest absolute Gasteiger partial charge is 0.481 e. The van der Waals surface area contributed by atoms with Crippen molar-refractivity contribution in [3.05, 3.63) is 78.0 Å². The van der Waals surface area contributed by atoms with E-state index in [-0.39, 0.29) is 12.8 Å². The molecule has 2 rings (SSSR count). The van der Waals surface area contributed by atoms with Crippen LogP contribution in [0.4, 0.5) is 5.69 Å². The first-order valence-corrected chi connectivity index (χ1v) is 7.70. The Labute approximate surface area is 146 Å². The van der Waals surface area contributed by atoms with Gasteiger partial charge in [-0.3, -0.25) is 9.80 Å². The molecule has 0 saturated heterocycles. The number of carboxylic acid groups (broad SMARTS) is 1. The van der Waals surface area contributed by atoms with Gasteiger partial charge < -0.3 is 15.6 Å². The predicted molar refractivity (Wildman–Crippen MR) is 94.2 cm³/mol. The van der Waals surface area contributed by atoms with E-state index >= 15 is 0 Å². The van der Waals surface area contributed by atoms with Gasteiger partial charge in [-0.2, -0.15) is 5.26 Å². The minimum Gasteiger partial charge on any atom is -0.481 e. The molecule has 2 aromatic rings. The molecule has 0 aliphatic carbocycles. The van der Waals surface area contributed by atoms with Crippen molar-refractivity contribution >= 4 is 11.7 Å². The Hall–Kier alpha value is -3.30. The fraction of sp³-hybridized carbons (Fsp3) is 0.158. The number of nitriles is 1. The smallest absolute Gasteiger partial charge is 0.303 e. The van der Waals surface area contributed by atoms with Crippen LogP contribution < -0.4 is 10.4 Å². The summed E-state index contributed by atoms with van der Waals surface area (Å²) in [7, 11) is 0. The third kappa shape index (κ3) is 5.09. The van der Waals surface area contributed by atoms with Crippen molar-refractivity contribution in [3.63, 3.8) is 0 Å². The standard InChI is InChI=1S/C19H19N3O3/c1-14(7-12-18(23)24)21-22(17-5-3-2-4-6-17)19(25)16-10-8-15(13-20)9-11-16/h2-6,8-11,19,21,25H,1,7,12H2,(H,23,24). The van der Waals surface area contributed by atoms with Gasteiger partial charge in [0, 0.05) is 11.3 Å². The first kappa shape index (κ1) is 18.0.